The zero-order valence-corrected chi connectivity index (χ0v) is 17.9. The molecular weight excluding hydrogens is 440 g/mol. The number of anilines is 2. The average molecular weight is 457 g/mol. The third-order valence-electron chi connectivity index (χ3n) is 4.65. The third kappa shape index (κ3) is 4.89. The summed E-state index contributed by atoms with van der Waals surface area (Å²) in [6.45, 7) is 1.79. The Balaban J connectivity index is 1.40. The number of hydrogen-bond acceptors (Lipinski definition) is 7. The highest BCUT2D eigenvalue weighted by Crippen LogP contribution is 2.34. The average Bonchev–Trinajstić information content (AvgIpc) is 3.35. The fourth-order valence-corrected chi connectivity index (χ4v) is 4.16. The van der Waals surface area contributed by atoms with Crippen LogP contribution in [-0.2, 0) is 9.59 Å². The number of hydrogen-bond donors (Lipinski definition) is 1. The molecule has 158 valence electrons. The van der Waals surface area contributed by atoms with E-state index in [4.69, 9.17) is 16.3 Å². The Morgan fingerprint density at radius 1 is 1.13 bits per heavy atom. The monoisotopic (exact) mass is 456 g/mol. The van der Waals surface area contributed by atoms with Crippen LogP contribution in [0, 0.1) is 0 Å². The molecule has 1 fully saturated rings. The van der Waals surface area contributed by atoms with Crippen LogP contribution in [-0.4, -0.2) is 34.5 Å². The van der Waals surface area contributed by atoms with Crippen LogP contribution in [0.15, 0.2) is 48.5 Å². The quantitative estimate of drug-likeness (QED) is 0.461. The first kappa shape index (κ1) is 21.0. The molecule has 2 amide bonds. The van der Waals surface area contributed by atoms with Gasteiger partial charge in [0, 0.05) is 42.1 Å². The predicted octanol–water partition coefficient (Wildman–Crippen LogP) is 3.89. The fourth-order valence-electron chi connectivity index (χ4n) is 3.20. The smallest absolute Gasteiger partial charge is 0.308 e. The predicted molar refractivity (Wildman–Crippen MR) is 117 cm³/mol. The van der Waals surface area contributed by atoms with Gasteiger partial charge in [-0.05, 0) is 48.5 Å². The van der Waals surface area contributed by atoms with Gasteiger partial charge in [-0.15, -0.1) is 10.2 Å². The Bertz CT molecular complexity index is 1130. The number of aromatic nitrogens is 2. The number of benzene rings is 2. The summed E-state index contributed by atoms with van der Waals surface area (Å²) in [5, 5.41) is 12.6. The Morgan fingerprint density at radius 3 is 2.52 bits per heavy atom. The van der Waals surface area contributed by atoms with Crippen LogP contribution in [0.3, 0.4) is 0 Å². The van der Waals surface area contributed by atoms with Crippen LogP contribution in [0.1, 0.15) is 34.6 Å². The molecule has 1 aromatic heterocycles. The standard InChI is InChI=1S/C21H17ClN4O4S/c1-12(27)30-17-8-2-13(3-9-17)19(29)23-21-25-24-20(31-21)14-10-18(28)26(11-14)16-6-4-15(22)5-7-16/h2-9,14H,10-11H2,1H3,(H,23,25,29)/t14-/m0/s1. The molecular formula is C21H17ClN4O4S. The summed E-state index contributed by atoms with van der Waals surface area (Å²) in [6.07, 6.45) is 0.322. The molecule has 4 rings (SSSR count). The minimum Gasteiger partial charge on any atom is -0.427 e. The van der Waals surface area contributed by atoms with Crippen molar-refractivity contribution in [3.8, 4) is 5.75 Å². The fraction of sp³-hybridized carbons (Fsp3) is 0.190. The SMILES string of the molecule is CC(=O)Oc1ccc(C(=O)Nc2nnc([C@H]3CC(=O)N(c4ccc(Cl)cc4)C3)s2)cc1. The van der Waals surface area contributed by atoms with Crippen LogP contribution in [0.4, 0.5) is 10.8 Å². The Hall–Kier alpha value is -3.30. The van der Waals surface area contributed by atoms with E-state index in [9.17, 15) is 14.4 Å². The van der Waals surface area contributed by atoms with Gasteiger partial charge in [0.05, 0.1) is 0 Å². The maximum atomic E-state index is 12.5. The summed E-state index contributed by atoms with van der Waals surface area (Å²) in [5.74, 6) is -0.533. The van der Waals surface area contributed by atoms with Crippen molar-refractivity contribution in [1.29, 1.82) is 0 Å². The molecule has 1 saturated heterocycles. The van der Waals surface area contributed by atoms with E-state index >= 15 is 0 Å². The van der Waals surface area contributed by atoms with Crippen LogP contribution >= 0.6 is 22.9 Å². The molecule has 1 atom stereocenters. The van der Waals surface area contributed by atoms with E-state index in [2.05, 4.69) is 15.5 Å². The van der Waals surface area contributed by atoms with Crippen LogP contribution in [0.25, 0.3) is 0 Å². The zero-order chi connectivity index (χ0) is 22.0. The minimum atomic E-state index is -0.432. The molecule has 1 aliphatic rings. The number of ether oxygens (including phenoxy) is 1. The summed E-state index contributed by atoms with van der Waals surface area (Å²) in [4.78, 5) is 37.6. The van der Waals surface area contributed by atoms with E-state index in [0.717, 1.165) is 5.69 Å². The van der Waals surface area contributed by atoms with Gasteiger partial charge < -0.3 is 9.64 Å². The van der Waals surface area contributed by atoms with E-state index in [1.54, 1.807) is 41.3 Å². The number of carbonyl (C=O) groups excluding carboxylic acids is 3. The third-order valence-corrected chi connectivity index (χ3v) is 5.90. The summed E-state index contributed by atoms with van der Waals surface area (Å²) in [6, 6.07) is 13.3. The molecule has 3 aromatic rings. The van der Waals surface area contributed by atoms with Gasteiger partial charge in [0.25, 0.3) is 5.91 Å². The molecule has 0 saturated carbocycles. The second-order valence-corrected chi connectivity index (χ2v) is 8.34. The zero-order valence-electron chi connectivity index (χ0n) is 16.4. The van der Waals surface area contributed by atoms with E-state index in [1.165, 1.54) is 30.4 Å². The molecule has 0 unspecified atom stereocenters. The van der Waals surface area contributed by atoms with Crippen LogP contribution in [0.2, 0.25) is 5.02 Å². The van der Waals surface area contributed by atoms with E-state index < -0.39 is 5.97 Å². The molecule has 2 heterocycles. The lowest BCUT2D eigenvalue weighted by molar-refractivity contribution is -0.131. The largest absolute Gasteiger partial charge is 0.427 e. The Kier molecular flexibility index (Phi) is 5.97. The molecule has 0 bridgehead atoms. The van der Waals surface area contributed by atoms with Crippen molar-refractivity contribution < 1.29 is 19.1 Å². The topological polar surface area (TPSA) is 101 Å². The molecule has 8 nitrogen and oxygen atoms in total. The normalized spacial score (nSPS) is 15.7. The summed E-state index contributed by atoms with van der Waals surface area (Å²) in [5.41, 5.74) is 1.17. The first-order chi connectivity index (χ1) is 14.9. The lowest BCUT2D eigenvalue weighted by Gasteiger charge is -2.16. The number of nitrogens with one attached hydrogen (secondary N) is 1. The second-order valence-electron chi connectivity index (χ2n) is 6.90. The number of amides is 2. The summed E-state index contributed by atoms with van der Waals surface area (Å²) in [7, 11) is 0. The maximum absolute atomic E-state index is 12.5. The molecule has 1 N–H and O–H groups in total. The summed E-state index contributed by atoms with van der Waals surface area (Å²) >= 11 is 7.16. The first-order valence-corrected chi connectivity index (χ1v) is 10.6. The molecule has 10 heteroatoms. The lowest BCUT2D eigenvalue weighted by atomic mass is 10.1. The number of halogens is 1. The summed E-state index contributed by atoms with van der Waals surface area (Å²) < 4.78 is 4.95. The van der Waals surface area contributed by atoms with Crippen molar-refractivity contribution in [3.63, 3.8) is 0 Å². The van der Waals surface area contributed by atoms with Gasteiger partial charge in [0.1, 0.15) is 10.8 Å². The van der Waals surface area contributed by atoms with Crippen molar-refractivity contribution in [2.75, 3.05) is 16.8 Å². The highest BCUT2D eigenvalue weighted by Gasteiger charge is 2.34. The molecule has 0 aliphatic carbocycles. The lowest BCUT2D eigenvalue weighted by Crippen LogP contribution is -2.24. The van der Waals surface area contributed by atoms with Crippen molar-refractivity contribution in [2.45, 2.75) is 19.3 Å². The first-order valence-electron chi connectivity index (χ1n) is 9.38. The number of carbonyl (C=O) groups is 3. The van der Waals surface area contributed by atoms with Crippen LogP contribution < -0.4 is 15.0 Å². The van der Waals surface area contributed by atoms with Gasteiger partial charge in [-0.1, -0.05) is 22.9 Å². The van der Waals surface area contributed by atoms with Gasteiger partial charge in [0.2, 0.25) is 11.0 Å². The highest BCUT2D eigenvalue weighted by molar-refractivity contribution is 7.15. The van der Waals surface area contributed by atoms with Gasteiger partial charge in [-0.25, -0.2) is 0 Å². The van der Waals surface area contributed by atoms with E-state index in [1.807, 2.05) is 0 Å². The second kappa shape index (κ2) is 8.83. The Labute approximate surface area is 186 Å². The molecule has 31 heavy (non-hydrogen) atoms. The van der Waals surface area contributed by atoms with Gasteiger partial charge in [-0.2, -0.15) is 0 Å². The van der Waals surface area contributed by atoms with Crippen molar-refractivity contribution in [1.82, 2.24) is 10.2 Å². The molecule has 0 radical (unpaired) electrons. The van der Waals surface area contributed by atoms with Crippen molar-refractivity contribution in [3.05, 3.63) is 64.1 Å². The van der Waals surface area contributed by atoms with Gasteiger partial charge in [0.15, 0.2) is 0 Å². The number of esters is 1. The van der Waals surface area contributed by atoms with Crippen molar-refractivity contribution >= 4 is 51.5 Å². The van der Waals surface area contributed by atoms with Crippen LogP contribution in [0.5, 0.6) is 5.75 Å². The Morgan fingerprint density at radius 2 is 1.84 bits per heavy atom. The highest BCUT2D eigenvalue weighted by atomic mass is 35.5. The molecule has 2 aromatic carbocycles. The molecule has 0 spiro atoms. The van der Waals surface area contributed by atoms with E-state index in [-0.39, 0.29) is 17.7 Å². The van der Waals surface area contributed by atoms with E-state index in [0.29, 0.717) is 39.4 Å². The number of nitrogens with zero attached hydrogens (tertiary/aromatic N) is 3. The minimum absolute atomic E-state index is 0.000905. The maximum Gasteiger partial charge on any atom is 0.308 e. The number of rotatable bonds is 5. The van der Waals surface area contributed by atoms with Gasteiger partial charge >= 0.3 is 5.97 Å². The van der Waals surface area contributed by atoms with Gasteiger partial charge in [-0.3, -0.25) is 19.7 Å². The molecule has 1 aliphatic heterocycles. The van der Waals surface area contributed by atoms with Crippen molar-refractivity contribution in [2.24, 2.45) is 0 Å².